The zero-order valence-corrected chi connectivity index (χ0v) is 7.29. The lowest BCUT2D eigenvalue weighted by atomic mass is 9.95. The summed E-state index contributed by atoms with van der Waals surface area (Å²) >= 11 is 0. The maximum atomic E-state index is 8.99. The normalized spacial score (nSPS) is 17.2. The summed E-state index contributed by atoms with van der Waals surface area (Å²) < 4.78 is 0. The highest BCUT2D eigenvalue weighted by molar-refractivity contribution is 5.33. The van der Waals surface area contributed by atoms with E-state index in [1.165, 1.54) is 5.57 Å². The molecule has 0 fully saturated rings. The summed E-state index contributed by atoms with van der Waals surface area (Å²) in [5.41, 5.74) is 2.27. The molecule has 0 aromatic carbocycles. The lowest BCUT2D eigenvalue weighted by Gasteiger charge is -2.13. The fourth-order valence-corrected chi connectivity index (χ4v) is 1.48. The molecule has 0 aromatic heterocycles. The van der Waals surface area contributed by atoms with Crippen molar-refractivity contribution in [3.8, 4) is 0 Å². The molecule has 0 atom stereocenters. The molecule has 2 nitrogen and oxygen atoms in total. The summed E-state index contributed by atoms with van der Waals surface area (Å²) in [5.74, 6) is 0. The van der Waals surface area contributed by atoms with E-state index in [1.807, 2.05) is 0 Å². The number of allylic oxidation sites excluding steroid dienone is 2. The van der Waals surface area contributed by atoms with Crippen molar-refractivity contribution in [1.29, 1.82) is 0 Å². The van der Waals surface area contributed by atoms with Crippen LogP contribution < -0.4 is 0 Å². The standard InChI is InChI=1S/C10H16O2/c11-7-3-6-9-4-1-2-5-10(9)8-12/h4-5,11-12H,1-3,6-8H2. The lowest BCUT2D eigenvalue weighted by molar-refractivity contribution is 0.287. The van der Waals surface area contributed by atoms with Crippen molar-refractivity contribution in [2.45, 2.75) is 25.7 Å². The molecule has 0 saturated heterocycles. The van der Waals surface area contributed by atoms with Gasteiger partial charge < -0.3 is 10.2 Å². The quantitative estimate of drug-likeness (QED) is 0.666. The van der Waals surface area contributed by atoms with Crippen LogP contribution in [0.15, 0.2) is 23.3 Å². The van der Waals surface area contributed by atoms with E-state index < -0.39 is 0 Å². The van der Waals surface area contributed by atoms with Crippen LogP contribution in [-0.2, 0) is 0 Å². The first-order chi connectivity index (χ1) is 5.88. The second-order valence-electron chi connectivity index (χ2n) is 3.02. The zero-order valence-electron chi connectivity index (χ0n) is 7.29. The molecule has 1 aliphatic rings. The van der Waals surface area contributed by atoms with E-state index in [1.54, 1.807) is 0 Å². The number of hydrogen-bond acceptors (Lipinski definition) is 2. The van der Waals surface area contributed by atoms with Crippen LogP contribution in [0.4, 0.5) is 0 Å². The summed E-state index contributed by atoms with van der Waals surface area (Å²) in [6.45, 7) is 0.368. The van der Waals surface area contributed by atoms with Crippen molar-refractivity contribution in [3.63, 3.8) is 0 Å². The van der Waals surface area contributed by atoms with Gasteiger partial charge in [-0.3, -0.25) is 0 Å². The Kier molecular flexibility index (Phi) is 4.05. The Morgan fingerprint density at radius 1 is 1.08 bits per heavy atom. The van der Waals surface area contributed by atoms with Crippen LogP contribution in [0.1, 0.15) is 25.7 Å². The summed E-state index contributed by atoms with van der Waals surface area (Å²) in [4.78, 5) is 0. The molecule has 0 saturated carbocycles. The number of rotatable bonds is 4. The van der Waals surface area contributed by atoms with Crippen LogP contribution in [0.3, 0.4) is 0 Å². The van der Waals surface area contributed by atoms with E-state index in [4.69, 9.17) is 10.2 Å². The van der Waals surface area contributed by atoms with Crippen LogP contribution in [-0.4, -0.2) is 23.4 Å². The van der Waals surface area contributed by atoms with Gasteiger partial charge in [0, 0.05) is 6.61 Å². The van der Waals surface area contributed by atoms with Crippen LogP contribution in [0, 0.1) is 0 Å². The molecular formula is C10H16O2. The highest BCUT2D eigenvalue weighted by Crippen LogP contribution is 2.21. The third-order valence-electron chi connectivity index (χ3n) is 2.14. The molecule has 2 heteroatoms. The first-order valence-electron chi connectivity index (χ1n) is 4.48. The fourth-order valence-electron chi connectivity index (χ4n) is 1.48. The fraction of sp³-hybridized carbons (Fsp3) is 0.600. The van der Waals surface area contributed by atoms with E-state index in [-0.39, 0.29) is 13.2 Å². The summed E-state index contributed by atoms with van der Waals surface area (Å²) in [6, 6.07) is 0. The molecule has 12 heavy (non-hydrogen) atoms. The minimum absolute atomic E-state index is 0.136. The minimum Gasteiger partial charge on any atom is -0.396 e. The van der Waals surface area contributed by atoms with Gasteiger partial charge in [-0.1, -0.05) is 12.2 Å². The minimum atomic E-state index is 0.136. The van der Waals surface area contributed by atoms with Crippen molar-refractivity contribution in [3.05, 3.63) is 23.3 Å². The largest absolute Gasteiger partial charge is 0.396 e. The van der Waals surface area contributed by atoms with Crippen LogP contribution >= 0.6 is 0 Å². The number of aliphatic hydroxyl groups excluding tert-OH is 2. The van der Waals surface area contributed by atoms with Crippen molar-refractivity contribution >= 4 is 0 Å². The molecule has 0 unspecified atom stereocenters. The average molecular weight is 168 g/mol. The molecule has 0 amide bonds. The van der Waals surface area contributed by atoms with E-state index in [9.17, 15) is 0 Å². The molecule has 0 spiro atoms. The zero-order chi connectivity index (χ0) is 8.81. The summed E-state index contributed by atoms with van der Waals surface area (Å²) in [6.07, 6.45) is 8.06. The molecule has 68 valence electrons. The molecule has 1 aliphatic carbocycles. The molecule has 1 rings (SSSR count). The van der Waals surface area contributed by atoms with Crippen LogP contribution in [0.5, 0.6) is 0 Å². The molecule has 0 heterocycles. The Balaban J connectivity index is 2.49. The van der Waals surface area contributed by atoms with Gasteiger partial charge in [0.2, 0.25) is 0 Å². The topological polar surface area (TPSA) is 40.5 Å². The number of aliphatic hydroxyl groups is 2. The van der Waals surface area contributed by atoms with E-state index >= 15 is 0 Å². The first kappa shape index (κ1) is 9.49. The smallest absolute Gasteiger partial charge is 0.0681 e. The van der Waals surface area contributed by atoms with Gasteiger partial charge in [-0.15, -0.1) is 0 Å². The molecule has 0 radical (unpaired) electrons. The van der Waals surface area contributed by atoms with Gasteiger partial charge in [0.25, 0.3) is 0 Å². The first-order valence-corrected chi connectivity index (χ1v) is 4.48. The SMILES string of the molecule is OCCCC1=CCCC=C1CO. The van der Waals surface area contributed by atoms with Gasteiger partial charge in [-0.25, -0.2) is 0 Å². The molecule has 0 aromatic rings. The molecule has 2 N–H and O–H groups in total. The Morgan fingerprint density at radius 2 is 1.75 bits per heavy atom. The third-order valence-corrected chi connectivity index (χ3v) is 2.14. The predicted octanol–water partition coefficient (Wildman–Crippen LogP) is 1.40. The average Bonchev–Trinajstić information content (AvgIpc) is 2.15. The maximum Gasteiger partial charge on any atom is 0.0681 e. The summed E-state index contributed by atoms with van der Waals surface area (Å²) in [5, 5.41) is 17.6. The third kappa shape index (κ3) is 2.47. The molecule has 0 aliphatic heterocycles. The van der Waals surface area contributed by atoms with E-state index in [0.29, 0.717) is 0 Å². The highest BCUT2D eigenvalue weighted by atomic mass is 16.3. The predicted molar refractivity (Wildman–Crippen MR) is 48.8 cm³/mol. The van der Waals surface area contributed by atoms with Gasteiger partial charge in [0.15, 0.2) is 0 Å². The van der Waals surface area contributed by atoms with Gasteiger partial charge in [0.1, 0.15) is 0 Å². The Hall–Kier alpha value is -0.600. The second-order valence-corrected chi connectivity index (χ2v) is 3.02. The highest BCUT2D eigenvalue weighted by Gasteiger charge is 2.06. The Bertz CT molecular complexity index is 192. The second kappa shape index (κ2) is 5.12. The molecule has 0 bridgehead atoms. The van der Waals surface area contributed by atoms with Gasteiger partial charge in [-0.05, 0) is 36.8 Å². The van der Waals surface area contributed by atoms with Gasteiger partial charge in [-0.2, -0.15) is 0 Å². The monoisotopic (exact) mass is 168 g/mol. The maximum absolute atomic E-state index is 8.99. The van der Waals surface area contributed by atoms with Crippen LogP contribution in [0.25, 0.3) is 0 Å². The van der Waals surface area contributed by atoms with Crippen molar-refractivity contribution in [1.82, 2.24) is 0 Å². The van der Waals surface area contributed by atoms with Crippen molar-refractivity contribution < 1.29 is 10.2 Å². The lowest BCUT2D eigenvalue weighted by Crippen LogP contribution is -2.00. The van der Waals surface area contributed by atoms with Crippen molar-refractivity contribution in [2.24, 2.45) is 0 Å². The Labute approximate surface area is 73.2 Å². The van der Waals surface area contributed by atoms with Crippen LogP contribution in [0.2, 0.25) is 0 Å². The molecular weight excluding hydrogens is 152 g/mol. The Morgan fingerprint density at radius 3 is 2.33 bits per heavy atom. The van der Waals surface area contributed by atoms with Gasteiger partial charge in [0.05, 0.1) is 6.61 Å². The van der Waals surface area contributed by atoms with Gasteiger partial charge >= 0.3 is 0 Å². The van der Waals surface area contributed by atoms with E-state index in [2.05, 4.69) is 12.2 Å². The van der Waals surface area contributed by atoms with Crippen molar-refractivity contribution in [2.75, 3.05) is 13.2 Å². The van der Waals surface area contributed by atoms with E-state index in [0.717, 1.165) is 31.3 Å². The summed E-state index contributed by atoms with van der Waals surface area (Å²) in [7, 11) is 0. The number of hydrogen-bond donors (Lipinski definition) is 2.